The molecule has 0 spiro atoms. The zero-order chi connectivity index (χ0) is 13.1. The molecule has 0 aliphatic carbocycles. The predicted octanol–water partition coefficient (Wildman–Crippen LogP) is 2.82. The zero-order valence-corrected chi connectivity index (χ0v) is 10.7. The summed E-state index contributed by atoms with van der Waals surface area (Å²) in [6.07, 6.45) is 9.56. The van der Waals surface area contributed by atoms with Crippen LogP contribution >= 0.6 is 0 Å². The van der Waals surface area contributed by atoms with Gasteiger partial charge in [-0.1, -0.05) is 58.3 Å². The van der Waals surface area contributed by atoms with Crippen molar-refractivity contribution in [3.8, 4) is 0 Å². The van der Waals surface area contributed by atoms with E-state index in [1.807, 2.05) is 0 Å². The Kier molecular flexibility index (Phi) is 8.99. The van der Waals surface area contributed by atoms with Crippen LogP contribution in [0.1, 0.15) is 71.1 Å². The molecule has 17 heavy (non-hydrogen) atoms. The minimum atomic E-state index is -2.73. The fourth-order valence-electron chi connectivity index (χ4n) is 1.76. The molecule has 0 heterocycles. The highest BCUT2D eigenvalue weighted by Gasteiger charge is 2.36. The van der Waals surface area contributed by atoms with Gasteiger partial charge in [0.2, 0.25) is 0 Å². The lowest BCUT2D eigenvalue weighted by molar-refractivity contribution is -0.684. The van der Waals surface area contributed by atoms with E-state index >= 15 is 0 Å². The number of unbranched alkanes of at least 4 members (excludes halogenated alkanes) is 8. The summed E-state index contributed by atoms with van der Waals surface area (Å²) < 4.78 is 0. The van der Waals surface area contributed by atoms with Gasteiger partial charge < -0.3 is 10.2 Å². The van der Waals surface area contributed by atoms with Crippen molar-refractivity contribution in [2.24, 2.45) is 0 Å². The van der Waals surface area contributed by atoms with Crippen LogP contribution in [0.15, 0.2) is 0 Å². The molecule has 0 aromatic heterocycles. The van der Waals surface area contributed by atoms with E-state index in [4.69, 9.17) is 10.2 Å². The summed E-state index contributed by atoms with van der Waals surface area (Å²) in [5, 5.41) is 28.1. The Morgan fingerprint density at radius 3 is 1.76 bits per heavy atom. The molecule has 0 amide bonds. The van der Waals surface area contributed by atoms with E-state index < -0.39 is 10.8 Å². The van der Waals surface area contributed by atoms with E-state index in [0.29, 0.717) is 6.42 Å². The minimum absolute atomic E-state index is 0.185. The molecule has 5 nitrogen and oxygen atoms in total. The average molecular weight is 247 g/mol. The number of nitro groups is 1. The van der Waals surface area contributed by atoms with Crippen LogP contribution in [0.3, 0.4) is 0 Å². The lowest BCUT2D eigenvalue weighted by Crippen LogP contribution is -2.37. The van der Waals surface area contributed by atoms with Gasteiger partial charge >= 0.3 is 5.91 Å². The number of nitrogens with zero attached hydrogens (tertiary/aromatic N) is 1. The van der Waals surface area contributed by atoms with Crippen molar-refractivity contribution in [2.75, 3.05) is 0 Å². The standard InChI is InChI=1S/C12H25NO4/c1-2-3-4-5-6-7-8-9-10-11-12(14,15)13(16)17/h14-15H,2-11H2,1H3. The molecule has 0 saturated heterocycles. The maximum absolute atomic E-state index is 10.2. The molecule has 2 N–H and O–H groups in total. The van der Waals surface area contributed by atoms with Gasteiger partial charge in [-0.2, -0.15) is 0 Å². The Bertz CT molecular complexity index is 207. The Balaban J connectivity index is 3.27. The first-order valence-corrected chi connectivity index (χ1v) is 6.60. The van der Waals surface area contributed by atoms with E-state index in [0.717, 1.165) is 19.3 Å². The zero-order valence-electron chi connectivity index (χ0n) is 10.7. The van der Waals surface area contributed by atoms with Gasteiger partial charge in [-0.15, -0.1) is 0 Å². The summed E-state index contributed by atoms with van der Waals surface area (Å²) in [6.45, 7) is 2.19. The summed E-state index contributed by atoms with van der Waals surface area (Å²) >= 11 is 0. The van der Waals surface area contributed by atoms with Crippen LogP contribution in [-0.2, 0) is 0 Å². The molecular formula is C12H25NO4. The maximum Gasteiger partial charge on any atom is 0.437 e. The molecule has 0 fully saturated rings. The average Bonchev–Trinajstić information content (AvgIpc) is 2.26. The SMILES string of the molecule is CCCCCCCCCCCC(O)(O)[N+](=O)[O-]. The fourth-order valence-corrected chi connectivity index (χ4v) is 1.76. The Morgan fingerprint density at radius 2 is 1.35 bits per heavy atom. The highest BCUT2D eigenvalue weighted by Crippen LogP contribution is 2.15. The normalized spacial score (nSPS) is 11.7. The lowest BCUT2D eigenvalue weighted by Gasteiger charge is -2.11. The summed E-state index contributed by atoms with van der Waals surface area (Å²) in [5.74, 6) is -2.73. The minimum Gasteiger partial charge on any atom is -0.307 e. The van der Waals surface area contributed by atoms with Crippen molar-refractivity contribution in [3.05, 3.63) is 10.1 Å². The highest BCUT2D eigenvalue weighted by atomic mass is 16.7. The third kappa shape index (κ3) is 9.06. The molecule has 0 bridgehead atoms. The lowest BCUT2D eigenvalue weighted by atomic mass is 10.1. The van der Waals surface area contributed by atoms with E-state index in [-0.39, 0.29) is 6.42 Å². The van der Waals surface area contributed by atoms with Gasteiger partial charge in [0.1, 0.15) is 0 Å². The highest BCUT2D eigenvalue weighted by molar-refractivity contribution is 4.52. The Morgan fingerprint density at radius 1 is 0.941 bits per heavy atom. The third-order valence-corrected chi connectivity index (χ3v) is 2.91. The van der Waals surface area contributed by atoms with E-state index in [9.17, 15) is 10.1 Å². The first-order chi connectivity index (χ1) is 8.00. The van der Waals surface area contributed by atoms with Crippen molar-refractivity contribution in [3.63, 3.8) is 0 Å². The second-order valence-corrected chi connectivity index (χ2v) is 4.61. The Labute approximate surface area is 103 Å². The van der Waals surface area contributed by atoms with Crippen molar-refractivity contribution in [2.45, 2.75) is 77.0 Å². The molecule has 0 rings (SSSR count). The van der Waals surface area contributed by atoms with Gasteiger partial charge in [0.25, 0.3) is 0 Å². The smallest absolute Gasteiger partial charge is 0.307 e. The van der Waals surface area contributed by atoms with Crippen molar-refractivity contribution >= 4 is 0 Å². The van der Waals surface area contributed by atoms with Crippen LogP contribution in [-0.4, -0.2) is 21.0 Å². The molecule has 0 aromatic carbocycles. The molecule has 102 valence electrons. The van der Waals surface area contributed by atoms with Gasteiger partial charge in [0.05, 0.1) is 11.3 Å². The topological polar surface area (TPSA) is 83.6 Å². The third-order valence-electron chi connectivity index (χ3n) is 2.91. The van der Waals surface area contributed by atoms with Crippen LogP contribution in [0.25, 0.3) is 0 Å². The molecule has 0 saturated carbocycles. The van der Waals surface area contributed by atoms with Crippen molar-refractivity contribution in [1.82, 2.24) is 0 Å². The molecular weight excluding hydrogens is 222 g/mol. The largest absolute Gasteiger partial charge is 0.437 e. The molecule has 0 aliphatic rings. The van der Waals surface area contributed by atoms with E-state index in [1.165, 1.54) is 32.1 Å². The quantitative estimate of drug-likeness (QED) is 0.254. The predicted molar refractivity (Wildman–Crippen MR) is 66.0 cm³/mol. The number of hydrogen-bond acceptors (Lipinski definition) is 4. The molecule has 5 heteroatoms. The second kappa shape index (κ2) is 9.36. The fraction of sp³-hybridized carbons (Fsp3) is 1.00. The van der Waals surface area contributed by atoms with Crippen LogP contribution in [0.4, 0.5) is 0 Å². The molecule has 0 radical (unpaired) electrons. The summed E-state index contributed by atoms with van der Waals surface area (Å²) in [7, 11) is 0. The maximum atomic E-state index is 10.2. The molecule has 0 aliphatic heterocycles. The molecule has 0 atom stereocenters. The van der Waals surface area contributed by atoms with Crippen LogP contribution < -0.4 is 0 Å². The van der Waals surface area contributed by atoms with Gasteiger partial charge in [0.15, 0.2) is 0 Å². The van der Waals surface area contributed by atoms with E-state index in [1.54, 1.807) is 0 Å². The molecule has 0 unspecified atom stereocenters. The first kappa shape index (κ1) is 16.3. The second-order valence-electron chi connectivity index (χ2n) is 4.61. The first-order valence-electron chi connectivity index (χ1n) is 6.60. The monoisotopic (exact) mass is 247 g/mol. The van der Waals surface area contributed by atoms with E-state index in [2.05, 4.69) is 6.92 Å². The van der Waals surface area contributed by atoms with Crippen molar-refractivity contribution < 1.29 is 15.1 Å². The molecule has 0 aromatic rings. The van der Waals surface area contributed by atoms with Gasteiger partial charge in [-0.05, 0) is 6.42 Å². The number of hydrogen-bond donors (Lipinski definition) is 2. The van der Waals surface area contributed by atoms with Crippen molar-refractivity contribution in [1.29, 1.82) is 0 Å². The van der Waals surface area contributed by atoms with Crippen LogP contribution in [0, 0.1) is 10.1 Å². The van der Waals surface area contributed by atoms with Crippen LogP contribution in [0.2, 0.25) is 0 Å². The summed E-state index contributed by atoms with van der Waals surface area (Å²) in [5.41, 5.74) is 0. The Hall–Kier alpha value is -0.680. The van der Waals surface area contributed by atoms with Gasteiger partial charge in [-0.25, -0.2) is 0 Å². The van der Waals surface area contributed by atoms with Gasteiger partial charge in [0, 0.05) is 0 Å². The van der Waals surface area contributed by atoms with Gasteiger partial charge in [-0.3, -0.25) is 10.1 Å². The summed E-state index contributed by atoms with van der Waals surface area (Å²) in [4.78, 5) is 9.15. The number of aliphatic hydroxyl groups is 2. The number of rotatable bonds is 11. The van der Waals surface area contributed by atoms with Crippen LogP contribution in [0.5, 0.6) is 0 Å². The summed E-state index contributed by atoms with van der Waals surface area (Å²) in [6, 6.07) is 0.